The number of nitrogen functional groups attached to an aromatic ring is 1. The summed E-state index contributed by atoms with van der Waals surface area (Å²) in [5, 5.41) is 3.80. The Kier molecular flexibility index (Phi) is 3.51. The van der Waals surface area contributed by atoms with E-state index in [-0.39, 0.29) is 5.91 Å². The fraction of sp³-hybridized carbons (Fsp3) is 0.636. The van der Waals surface area contributed by atoms with Crippen molar-refractivity contribution in [3.63, 3.8) is 0 Å². The number of hydrogen-bond acceptors (Lipinski definition) is 5. The first-order valence-corrected chi connectivity index (χ1v) is 6.80. The highest BCUT2D eigenvalue weighted by Gasteiger charge is 2.33. The second-order valence-electron chi connectivity index (χ2n) is 4.09. The van der Waals surface area contributed by atoms with Crippen molar-refractivity contribution in [1.82, 2.24) is 9.88 Å². The summed E-state index contributed by atoms with van der Waals surface area (Å²) in [5.41, 5.74) is 5.80. The number of aromatic nitrogens is 1. The van der Waals surface area contributed by atoms with Crippen molar-refractivity contribution in [1.29, 1.82) is 0 Å². The molecule has 0 atom stereocenters. The molecule has 0 spiro atoms. The minimum absolute atomic E-state index is 0.0224. The van der Waals surface area contributed by atoms with Crippen molar-refractivity contribution < 1.29 is 4.79 Å². The molecule has 1 saturated carbocycles. The quantitative estimate of drug-likeness (QED) is 0.840. The largest absolute Gasteiger partial charge is 0.382 e. The van der Waals surface area contributed by atoms with Crippen LogP contribution in [0.1, 0.15) is 36.4 Å². The number of hydrogen-bond donors (Lipinski definition) is 2. The van der Waals surface area contributed by atoms with Gasteiger partial charge >= 0.3 is 0 Å². The molecular formula is C11H18N4OS. The molecule has 1 heterocycles. The zero-order chi connectivity index (χ0) is 12.4. The Hall–Kier alpha value is -1.30. The Morgan fingerprint density at radius 1 is 1.59 bits per heavy atom. The molecule has 0 radical (unpaired) electrons. The Labute approximate surface area is 105 Å². The summed E-state index contributed by atoms with van der Waals surface area (Å²) >= 11 is 1.34. The molecule has 0 aromatic carbocycles. The molecular weight excluding hydrogens is 236 g/mol. The average molecular weight is 254 g/mol. The van der Waals surface area contributed by atoms with Gasteiger partial charge in [0.05, 0.1) is 0 Å². The molecule has 1 aromatic heterocycles. The van der Waals surface area contributed by atoms with Crippen LogP contribution in [0.25, 0.3) is 0 Å². The molecule has 1 aliphatic carbocycles. The van der Waals surface area contributed by atoms with Crippen LogP contribution in [0.5, 0.6) is 0 Å². The summed E-state index contributed by atoms with van der Waals surface area (Å²) in [7, 11) is 0. The highest BCUT2D eigenvalue weighted by molar-refractivity contribution is 7.18. The number of rotatable bonds is 5. The van der Waals surface area contributed by atoms with E-state index in [1.54, 1.807) is 0 Å². The zero-order valence-corrected chi connectivity index (χ0v) is 11.0. The lowest BCUT2D eigenvalue weighted by Gasteiger charge is -2.19. The Morgan fingerprint density at radius 3 is 2.82 bits per heavy atom. The van der Waals surface area contributed by atoms with Gasteiger partial charge in [-0.3, -0.25) is 4.79 Å². The smallest absolute Gasteiger partial charge is 0.268 e. The van der Waals surface area contributed by atoms with Gasteiger partial charge in [-0.2, -0.15) is 0 Å². The number of thiazole rings is 1. The van der Waals surface area contributed by atoms with E-state index in [1.165, 1.54) is 11.3 Å². The topological polar surface area (TPSA) is 71.2 Å². The van der Waals surface area contributed by atoms with Crippen molar-refractivity contribution in [3.8, 4) is 0 Å². The number of nitrogens with two attached hydrogens (primary N) is 1. The van der Waals surface area contributed by atoms with Crippen LogP contribution in [0, 0.1) is 0 Å². The van der Waals surface area contributed by atoms with Crippen LogP contribution in [0.4, 0.5) is 10.9 Å². The van der Waals surface area contributed by atoms with E-state index >= 15 is 0 Å². The SMILES string of the molecule is CCNc1nc(N)c(C(=O)N(CC)C2CC2)s1. The van der Waals surface area contributed by atoms with Gasteiger partial charge in [0.15, 0.2) is 5.13 Å². The molecule has 17 heavy (non-hydrogen) atoms. The van der Waals surface area contributed by atoms with Gasteiger partial charge < -0.3 is 16.0 Å². The van der Waals surface area contributed by atoms with Crippen LogP contribution in [0.2, 0.25) is 0 Å². The molecule has 94 valence electrons. The third-order valence-corrected chi connectivity index (χ3v) is 3.78. The predicted octanol–water partition coefficient (Wildman–Crippen LogP) is 1.78. The normalized spacial score (nSPS) is 14.7. The van der Waals surface area contributed by atoms with Gasteiger partial charge in [-0.25, -0.2) is 4.98 Å². The number of carbonyl (C=O) groups excluding carboxylic acids is 1. The summed E-state index contributed by atoms with van der Waals surface area (Å²) in [5.74, 6) is 0.365. The lowest BCUT2D eigenvalue weighted by Crippen LogP contribution is -2.32. The molecule has 3 N–H and O–H groups in total. The minimum Gasteiger partial charge on any atom is -0.382 e. The summed E-state index contributed by atoms with van der Waals surface area (Å²) in [6.07, 6.45) is 2.22. The second kappa shape index (κ2) is 4.91. The Morgan fingerprint density at radius 2 is 2.29 bits per heavy atom. The monoisotopic (exact) mass is 254 g/mol. The highest BCUT2D eigenvalue weighted by atomic mass is 32.1. The number of amides is 1. The molecule has 0 saturated heterocycles. The van der Waals surface area contributed by atoms with Crippen LogP contribution >= 0.6 is 11.3 Å². The number of nitrogens with one attached hydrogen (secondary N) is 1. The van der Waals surface area contributed by atoms with Crippen LogP contribution in [0.15, 0.2) is 0 Å². The first-order chi connectivity index (χ1) is 8.17. The van der Waals surface area contributed by atoms with Crippen LogP contribution in [-0.2, 0) is 0 Å². The lowest BCUT2D eigenvalue weighted by molar-refractivity contribution is 0.0758. The molecule has 5 nitrogen and oxygen atoms in total. The fourth-order valence-electron chi connectivity index (χ4n) is 1.80. The van der Waals surface area contributed by atoms with Gasteiger partial charge in [0.2, 0.25) is 0 Å². The van der Waals surface area contributed by atoms with Gasteiger partial charge in [0, 0.05) is 19.1 Å². The molecule has 2 rings (SSSR count). The number of nitrogens with zero attached hydrogens (tertiary/aromatic N) is 2. The van der Waals surface area contributed by atoms with Crippen molar-refractivity contribution in [3.05, 3.63) is 4.88 Å². The van der Waals surface area contributed by atoms with Crippen molar-refractivity contribution in [2.75, 3.05) is 24.1 Å². The van der Waals surface area contributed by atoms with Crippen molar-refractivity contribution in [2.45, 2.75) is 32.7 Å². The van der Waals surface area contributed by atoms with Crippen LogP contribution in [-0.4, -0.2) is 34.9 Å². The zero-order valence-electron chi connectivity index (χ0n) is 10.2. The van der Waals surface area contributed by atoms with E-state index in [9.17, 15) is 4.79 Å². The van der Waals surface area contributed by atoms with E-state index in [0.29, 0.717) is 16.7 Å². The second-order valence-corrected chi connectivity index (χ2v) is 5.09. The van der Waals surface area contributed by atoms with Gasteiger partial charge in [0.1, 0.15) is 10.7 Å². The third kappa shape index (κ3) is 2.52. The van der Waals surface area contributed by atoms with E-state index in [4.69, 9.17) is 5.73 Å². The maximum atomic E-state index is 12.3. The maximum Gasteiger partial charge on any atom is 0.268 e. The third-order valence-electron chi connectivity index (χ3n) is 2.76. The van der Waals surface area contributed by atoms with Gasteiger partial charge in [-0.15, -0.1) is 0 Å². The minimum atomic E-state index is 0.0224. The van der Waals surface area contributed by atoms with Crippen LogP contribution in [0.3, 0.4) is 0 Å². The molecule has 1 amide bonds. The number of anilines is 2. The van der Waals surface area contributed by atoms with E-state index in [1.807, 2.05) is 18.7 Å². The fourth-order valence-corrected chi connectivity index (χ4v) is 2.70. The van der Waals surface area contributed by atoms with Gasteiger partial charge in [0.25, 0.3) is 5.91 Å². The first kappa shape index (κ1) is 12.2. The molecule has 1 fully saturated rings. The predicted molar refractivity (Wildman–Crippen MR) is 70.4 cm³/mol. The first-order valence-electron chi connectivity index (χ1n) is 5.98. The molecule has 0 unspecified atom stereocenters. The van der Waals surface area contributed by atoms with Crippen molar-refractivity contribution >= 4 is 28.2 Å². The molecule has 1 aromatic rings. The van der Waals surface area contributed by atoms with E-state index in [2.05, 4.69) is 10.3 Å². The lowest BCUT2D eigenvalue weighted by atomic mass is 10.4. The summed E-state index contributed by atoms with van der Waals surface area (Å²) < 4.78 is 0. The van der Waals surface area contributed by atoms with Gasteiger partial charge in [-0.05, 0) is 26.7 Å². The van der Waals surface area contributed by atoms with Crippen LogP contribution < -0.4 is 11.1 Å². The Bertz CT molecular complexity index is 414. The van der Waals surface area contributed by atoms with E-state index in [0.717, 1.165) is 31.1 Å². The highest BCUT2D eigenvalue weighted by Crippen LogP contribution is 2.32. The van der Waals surface area contributed by atoms with Crippen molar-refractivity contribution in [2.24, 2.45) is 0 Å². The Balaban J connectivity index is 2.17. The summed E-state index contributed by atoms with van der Waals surface area (Å²) in [6, 6.07) is 0.414. The van der Waals surface area contributed by atoms with E-state index < -0.39 is 0 Å². The standard InChI is InChI=1S/C11H18N4OS/c1-3-13-11-14-9(12)8(17-11)10(16)15(4-2)7-5-6-7/h7H,3-6,12H2,1-2H3,(H,13,14). The maximum absolute atomic E-state index is 12.3. The molecule has 0 aliphatic heterocycles. The molecule has 1 aliphatic rings. The molecule has 6 heteroatoms. The molecule has 0 bridgehead atoms. The number of carbonyl (C=O) groups is 1. The summed E-state index contributed by atoms with van der Waals surface area (Å²) in [4.78, 5) is 18.9. The average Bonchev–Trinajstić information content (AvgIpc) is 3.05. The van der Waals surface area contributed by atoms with Gasteiger partial charge in [-0.1, -0.05) is 11.3 Å². The summed E-state index contributed by atoms with van der Waals surface area (Å²) in [6.45, 7) is 5.50.